The minimum absolute atomic E-state index is 0.0739. The number of carboxylic acid groups (broad SMARTS) is 2. The third-order valence-electron chi connectivity index (χ3n) is 5.21. The maximum Gasteiger partial charge on any atom is 0.328 e. The third kappa shape index (κ3) is 6.98. The van der Waals surface area contributed by atoms with Crippen LogP contribution >= 0.6 is 0 Å². The molecule has 14 heteroatoms. The summed E-state index contributed by atoms with van der Waals surface area (Å²) in [5, 5.41) is 32.5. The minimum Gasteiger partial charge on any atom is -0.481 e. The highest BCUT2D eigenvalue weighted by atomic mass is 16.4. The molecule has 1 saturated heterocycles. The Balaban J connectivity index is 2.11. The van der Waals surface area contributed by atoms with Crippen LogP contribution < -0.4 is 16.4 Å². The van der Waals surface area contributed by atoms with Gasteiger partial charge in [-0.25, -0.2) is 9.78 Å². The van der Waals surface area contributed by atoms with E-state index in [1.54, 1.807) is 0 Å². The lowest BCUT2D eigenvalue weighted by Gasteiger charge is -2.29. The van der Waals surface area contributed by atoms with Crippen molar-refractivity contribution in [2.75, 3.05) is 6.54 Å². The molecule has 182 valence electrons. The largest absolute Gasteiger partial charge is 0.481 e. The molecule has 1 fully saturated rings. The number of aliphatic carboxylic acids is 2. The molecule has 0 spiro atoms. The molecule has 0 radical (unpaired) electrons. The van der Waals surface area contributed by atoms with E-state index in [0.717, 1.165) is 4.90 Å². The van der Waals surface area contributed by atoms with Crippen LogP contribution in [0.15, 0.2) is 12.5 Å². The maximum atomic E-state index is 13.1. The van der Waals surface area contributed by atoms with Crippen LogP contribution in [0, 0.1) is 0 Å². The molecule has 33 heavy (non-hydrogen) atoms. The summed E-state index contributed by atoms with van der Waals surface area (Å²) in [7, 11) is 0. The Morgan fingerprint density at radius 2 is 1.97 bits per heavy atom. The Bertz CT molecular complexity index is 874. The number of aliphatic hydroxyl groups is 1. The molecule has 5 atom stereocenters. The fraction of sp³-hybridized carbons (Fsp3) is 0.579. The van der Waals surface area contributed by atoms with Crippen LogP contribution in [0.3, 0.4) is 0 Å². The van der Waals surface area contributed by atoms with Crippen molar-refractivity contribution in [1.82, 2.24) is 25.5 Å². The van der Waals surface area contributed by atoms with Crippen molar-refractivity contribution < 1.29 is 39.3 Å². The topological polar surface area (TPSA) is 228 Å². The number of nitrogens with zero attached hydrogens (tertiary/aromatic N) is 2. The predicted octanol–water partition coefficient (Wildman–Crippen LogP) is -2.82. The van der Waals surface area contributed by atoms with Gasteiger partial charge in [0.25, 0.3) is 0 Å². The average Bonchev–Trinajstić information content (AvgIpc) is 3.41. The van der Waals surface area contributed by atoms with Gasteiger partial charge in [-0.1, -0.05) is 0 Å². The molecule has 1 aliphatic heterocycles. The van der Waals surface area contributed by atoms with Gasteiger partial charge in [-0.2, -0.15) is 0 Å². The van der Waals surface area contributed by atoms with E-state index in [4.69, 9.17) is 10.8 Å². The third-order valence-corrected chi connectivity index (χ3v) is 5.21. The zero-order chi connectivity index (χ0) is 24.7. The number of carbonyl (C=O) groups is 5. The van der Waals surface area contributed by atoms with Crippen molar-refractivity contribution in [3.8, 4) is 0 Å². The SMILES string of the molecule is CC(O)C(NC(=O)C1CCCN1C(=O)C(CC(=O)O)NC(=O)C(N)Cc1cnc[nH]1)C(=O)O. The number of H-pyrrole nitrogens is 1. The molecule has 2 heterocycles. The van der Waals surface area contributed by atoms with Crippen LogP contribution in [0.2, 0.25) is 0 Å². The highest BCUT2D eigenvalue weighted by Crippen LogP contribution is 2.20. The number of carboxylic acids is 2. The molecule has 3 amide bonds. The predicted molar refractivity (Wildman–Crippen MR) is 110 cm³/mol. The van der Waals surface area contributed by atoms with Gasteiger partial charge in [-0.15, -0.1) is 0 Å². The summed E-state index contributed by atoms with van der Waals surface area (Å²) >= 11 is 0. The number of likely N-dealkylation sites (tertiary alicyclic amines) is 1. The fourth-order valence-corrected chi connectivity index (χ4v) is 3.52. The van der Waals surface area contributed by atoms with E-state index in [1.165, 1.54) is 19.4 Å². The summed E-state index contributed by atoms with van der Waals surface area (Å²) in [6.07, 6.45) is 1.44. The van der Waals surface area contributed by atoms with Crippen LogP contribution in [-0.2, 0) is 30.4 Å². The van der Waals surface area contributed by atoms with E-state index in [1.807, 2.05) is 0 Å². The van der Waals surface area contributed by atoms with E-state index in [2.05, 4.69) is 20.6 Å². The number of imidazole rings is 1. The summed E-state index contributed by atoms with van der Waals surface area (Å²) < 4.78 is 0. The van der Waals surface area contributed by atoms with Gasteiger partial charge in [0.15, 0.2) is 6.04 Å². The van der Waals surface area contributed by atoms with Gasteiger partial charge in [-0.3, -0.25) is 19.2 Å². The number of aromatic amines is 1. The number of hydrogen-bond acceptors (Lipinski definition) is 8. The summed E-state index contributed by atoms with van der Waals surface area (Å²) in [6.45, 7) is 1.30. The molecule has 0 saturated carbocycles. The van der Waals surface area contributed by atoms with Crippen molar-refractivity contribution in [3.05, 3.63) is 18.2 Å². The molecule has 8 N–H and O–H groups in total. The van der Waals surface area contributed by atoms with E-state index in [-0.39, 0.29) is 19.4 Å². The van der Waals surface area contributed by atoms with Crippen molar-refractivity contribution >= 4 is 29.7 Å². The van der Waals surface area contributed by atoms with Crippen LogP contribution in [0.25, 0.3) is 0 Å². The minimum atomic E-state index is -1.58. The monoisotopic (exact) mass is 468 g/mol. The zero-order valence-electron chi connectivity index (χ0n) is 17.9. The zero-order valence-corrected chi connectivity index (χ0v) is 17.9. The Morgan fingerprint density at radius 3 is 2.52 bits per heavy atom. The highest BCUT2D eigenvalue weighted by Gasteiger charge is 2.40. The first-order chi connectivity index (χ1) is 15.5. The number of aromatic nitrogens is 2. The molecule has 1 aromatic rings. The average molecular weight is 468 g/mol. The van der Waals surface area contributed by atoms with E-state index < -0.39 is 66.4 Å². The summed E-state index contributed by atoms with van der Waals surface area (Å²) in [6, 6.07) is -5.23. The van der Waals surface area contributed by atoms with Gasteiger partial charge in [-0.05, 0) is 19.8 Å². The molecule has 1 aromatic heterocycles. The molecule has 0 aromatic carbocycles. The van der Waals surface area contributed by atoms with Crippen LogP contribution in [-0.4, -0.2) is 96.7 Å². The van der Waals surface area contributed by atoms with Gasteiger partial charge < -0.3 is 41.6 Å². The standard InChI is InChI=1S/C19H28N6O8/c1-9(26)15(19(32)33)24-17(30)13-3-2-4-25(13)18(31)12(6-14(27)28)23-16(29)11(20)5-10-7-21-8-22-10/h7-9,11-13,15,26H,2-6,20H2,1H3,(H,21,22)(H,23,29)(H,24,30)(H,27,28)(H,32,33). The Morgan fingerprint density at radius 1 is 1.27 bits per heavy atom. The lowest BCUT2D eigenvalue weighted by atomic mass is 10.1. The number of nitrogens with two attached hydrogens (primary N) is 1. The van der Waals surface area contributed by atoms with Gasteiger partial charge in [0.2, 0.25) is 17.7 Å². The smallest absolute Gasteiger partial charge is 0.328 e. The number of amides is 3. The summed E-state index contributed by atoms with van der Waals surface area (Å²) in [5.41, 5.74) is 6.42. The molecule has 0 aliphatic carbocycles. The highest BCUT2D eigenvalue weighted by molar-refractivity contribution is 5.96. The van der Waals surface area contributed by atoms with Crippen LogP contribution in [0.5, 0.6) is 0 Å². The van der Waals surface area contributed by atoms with Crippen molar-refractivity contribution in [2.45, 2.75) is 62.9 Å². The number of rotatable bonds is 11. The molecule has 1 aliphatic rings. The molecule has 5 unspecified atom stereocenters. The molecular weight excluding hydrogens is 440 g/mol. The van der Waals surface area contributed by atoms with E-state index in [9.17, 15) is 34.2 Å². The van der Waals surface area contributed by atoms with Gasteiger partial charge in [0, 0.05) is 24.9 Å². The lowest BCUT2D eigenvalue weighted by Crippen LogP contribution is -2.58. The maximum absolute atomic E-state index is 13.1. The molecule has 14 nitrogen and oxygen atoms in total. The normalized spacial score (nSPS) is 19.2. The number of hydrogen-bond donors (Lipinski definition) is 7. The molecule has 2 rings (SSSR count). The van der Waals surface area contributed by atoms with E-state index >= 15 is 0 Å². The Labute approximate surface area is 188 Å². The van der Waals surface area contributed by atoms with Crippen molar-refractivity contribution in [3.63, 3.8) is 0 Å². The number of nitrogens with one attached hydrogen (secondary N) is 3. The van der Waals surface area contributed by atoms with Gasteiger partial charge >= 0.3 is 11.9 Å². The first kappa shape index (κ1) is 25.7. The van der Waals surface area contributed by atoms with Gasteiger partial charge in [0.05, 0.1) is 24.9 Å². The number of aliphatic hydroxyl groups excluding tert-OH is 1. The second-order valence-electron chi connectivity index (χ2n) is 7.80. The van der Waals surface area contributed by atoms with Crippen LogP contribution in [0.4, 0.5) is 0 Å². The fourth-order valence-electron chi connectivity index (χ4n) is 3.52. The Kier molecular flexibility index (Phi) is 8.87. The van der Waals surface area contributed by atoms with E-state index in [0.29, 0.717) is 12.1 Å². The molecule has 0 bridgehead atoms. The van der Waals surface area contributed by atoms with Crippen LogP contribution in [0.1, 0.15) is 31.9 Å². The van der Waals surface area contributed by atoms with Gasteiger partial charge in [0.1, 0.15) is 12.1 Å². The summed E-state index contributed by atoms with van der Waals surface area (Å²) in [4.78, 5) is 68.4. The first-order valence-electron chi connectivity index (χ1n) is 10.3. The number of carbonyl (C=O) groups excluding carboxylic acids is 3. The quantitative estimate of drug-likeness (QED) is 0.176. The Hall–Kier alpha value is -3.52. The second-order valence-corrected chi connectivity index (χ2v) is 7.80. The lowest BCUT2D eigenvalue weighted by molar-refractivity contribution is -0.148. The first-order valence-corrected chi connectivity index (χ1v) is 10.3. The second kappa shape index (κ2) is 11.4. The molecular formula is C19H28N6O8. The van der Waals surface area contributed by atoms with Crippen molar-refractivity contribution in [2.24, 2.45) is 5.73 Å². The van der Waals surface area contributed by atoms with Crippen molar-refractivity contribution in [1.29, 1.82) is 0 Å². The summed E-state index contributed by atoms with van der Waals surface area (Å²) in [5.74, 6) is -5.16.